The van der Waals surface area contributed by atoms with Crippen LogP contribution in [0.1, 0.15) is 51.6 Å². The first-order valence-corrected chi connectivity index (χ1v) is 14.1. The highest BCUT2D eigenvalue weighted by molar-refractivity contribution is 6.34. The maximum atomic E-state index is 13.2. The first-order valence-electron chi connectivity index (χ1n) is 13.8. The molecule has 4 N–H and O–H groups in total. The van der Waals surface area contributed by atoms with Crippen LogP contribution >= 0.6 is 11.6 Å². The van der Waals surface area contributed by atoms with E-state index in [9.17, 15) is 19.5 Å². The summed E-state index contributed by atoms with van der Waals surface area (Å²) in [5.74, 6) is -0.603. The molecule has 2 aliphatic heterocycles. The maximum Gasteiger partial charge on any atom is 0.262 e. The number of carbonyl (C=O) groups excluding carboxylic acids is 2. The fourth-order valence-corrected chi connectivity index (χ4v) is 5.58. The molecule has 42 heavy (non-hydrogen) atoms. The van der Waals surface area contributed by atoms with Gasteiger partial charge in [-0.3, -0.25) is 14.4 Å². The van der Waals surface area contributed by atoms with Gasteiger partial charge in [0.15, 0.2) is 0 Å². The molecule has 2 amide bonds. The number of carbonyl (C=O) groups is 2. The van der Waals surface area contributed by atoms with E-state index >= 15 is 0 Å². The minimum absolute atomic E-state index is 0.109. The Balaban J connectivity index is 1.19. The number of aliphatic hydroxyl groups excluding tert-OH is 1. The van der Waals surface area contributed by atoms with Crippen molar-refractivity contribution in [2.45, 2.75) is 37.5 Å². The van der Waals surface area contributed by atoms with Crippen LogP contribution in [-0.2, 0) is 4.74 Å². The molecule has 2 aromatic carbocycles. The second-order valence-corrected chi connectivity index (χ2v) is 10.9. The highest BCUT2D eigenvalue weighted by Gasteiger charge is 2.34. The molecule has 2 bridgehead atoms. The van der Waals surface area contributed by atoms with Crippen LogP contribution < -0.4 is 21.1 Å². The maximum absolute atomic E-state index is 13.2. The molecule has 0 aliphatic carbocycles. The highest BCUT2D eigenvalue weighted by Crippen LogP contribution is 2.29. The Hall–Kier alpha value is -4.32. The number of ether oxygens (including phenoxy) is 1. The van der Waals surface area contributed by atoms with Crippen molar-refractivity contribution < 1.29 is 19.4 Å². The number of benzene rings is 2. The van der Waals surface area contributed by atoms with Gasteiger partial charge in [0.1, 0.15) is 11.2 Å². The second-order valence-electron chi connectivity index (χ2n) is 10.4. The fraction of sp³-hybridized carbons (Fsp3) is 0.300. The van der Waals surface area contributed by atoms with E-state index in [1.54, 1.807) is 6.20 Å². The molecule has 216 valence electrons. The average molecular weight is 589 g/mol. The van der Waals surface area contributed by atoms with Crippen LogP contribution in [0.25, 0.3) is 11.0 Å². The number of anilines is 2. The number of H-pyrrole nitrogens is 1. The van der Waals surface area contributed by atoms with Crippen molar-refractivity contribution in [1.29, 1.82) is 0 Å². The largest absolute Gasteiger partial charge is 0.396 e. The Morgan fingerprint density at radius 2 is 1.86 bits per heavy atom. The number of aromatic amines is 1. The van der Waals surface area contributed by atoms with E-state index in [2.05, 4.69) is 30.5 Å². The van der Waals surface area contributed by atoms with Crippen LogP contribution in [0, 0.1) is 0 Å². The summed E-state index contributed by atoms with van der Waals surface area (Å²) in [5, 5.41) is 15.7. The van der Waals surface area contributed by atoms with Crippen LogP contribution in [0.4, 0.5) is 11.6 Å². The summed E-state index contributed by atoms with van der Waals surface area (Å²) in [6.07, 6.45) is 4.26. The van der Waals surface area contributed by atoms with E-state index in [1.807, 2.05) is 30.3 Å². The lowest BCUT2D eigenvalue weighted by Gasteiger charge is -2.32. The van der Waals surface area contributed by atoms with E-state index in [4.69, 9.17) is 16.3 Å². The third-order valence-electron chi connectivity index (χ3n) is 7.55. The summed E-state index contributed by atoms with van der Waals surface area (Å²) in [6.45, 7) is 1.28. The van der Waals surface area contributed by atoms with Crippen molar-refractivity contribution in [1.82, 2.24) is 20.3 Å². The number of aliphatic hydroxyl groups is 1. The molecule has 2 aliphatic rings. The quantitative estimate of drug-likeness (QED) is 0.244. The number of amides is 2. The standard InChI is InChI=1S/C30H29ClN6O5/c31-23-9-6-18(27(39)33-24(10-11-38)17-4-2-1-3-5-17)13-25(23)34-28(40)22-12-19-14-32-30(36-26(19)35-29(22)41)37-15-20-7-8-21(16-37)42-20/h1-6,9,12-14,20-21,24,38H,7-8,10-11,15-16H2,(H,33,39)(H,34,40)(H,32,35,36,41)/t20-,21+,24?. The molecule has 0 radical (unpaired) electrons. The third-order valence-corrected chi connectivity index (χ3v) is 7.88. The number of hydrogen-bond acceptors (Lipinski definition) is 8. The number of hydrogen-bond donors (Lipinski definition) is 4. The van der Waals surface area contributed by atoms with Gasteiger partial charge in [0.2, 0.25) is 5.95 Å². The molecule has 1 unspecified atom stereocenters. The van der Waals surface area contributed by atoms with E-state index < -0.39 is 23.4 Å². The Labute approximate surface area is 245 Å². The predicted octanol–water partition coefficient (Wildman–Crippen LogP) is 3.44. The summed E-state index contributed by atoms with van der Waals surface area (Å²) >= 11 is 6.34. The minimum Gasteiger partial charge on any atom is -0.396 e. The first-order chi connectivity index (χ1) is 20.4. The van der Waals surface area contributed by atoms with E-state index in [1.165, 1.54) is 24.3 Å². The van der Waals surface area contributed by atoms with Crippen molar-refractivity contribution in [2.24, 2.45) is 0 Å². The van der Waals surface area contributed by atoms with Gasteiger partial charge in [0.05, 0.1) is 29.0 Å². The molecule has 12 heteroatoms. The van der Waals surface area contributed by atoms with E-state index in [0.29, 0.717) is 36.5 Å². The van der Waals surface area contributed by atoms with Crippen LogP contribution in [0.3, 0.4) is 0 Å². The number of pyridine rings is 1. The van der Waals surface area contributed by atoms with Crippen LogP contribution in [-0.4, -0.2) is 63.8 Å². The lowest BCUT2D eigenvalue weighted by Crippen LogP contribution is -2.43. The zero-order valence-electron chi connectivity index (χ0n) is 22.5. The first kappa shape index (κ1) is 27.8. The Morgan fingerprint density at radius 1 is 1.10 bits per heavy atom. The Morgan fingerprint density at radius 3 is 2.60 bits per heavy atom. The van der Waals surface area contributed by atoms with E-state index in [-0.39, 0.29) is 40.7 Å². The minimum atomic E-state index is -0.700. The van der Waals surface area contributed by atoms with Crippen molar-refractivity contribution in [2.75, 3.05) is 29.9 Å². The third kappa shape index (κ3) is 5.85. The van der Waals surface area contributed by atoms with Crippen molar-refractivity contribution >= 4 is 46.1 Å². The summed E-state index contributed by atoms with van der Waals surface area (Å²) in [5.41, 5.74) is 0.825. The van der Waals surface area contributed by atoms with Crippen LogP contribution in [0.2, 0.25) is 5.02 Å². The smallest absolute Gasteiger partial charge is 0.262 e. The molecule has 3 atom stereocenters. The molecule has 0 saturated carbocycles. The van der Waals surface area contributed by atoms with Crippen molar-refractivity contribution in [3.8, 4) is 0 Å². The molecular weight excluding hydrogens is 560 g/mol. The summed E-state index contributed by atoms with van der Waals surface area (Å²) in [6, 6.07) is 14.8. The normalized spacial score (nSPS) is 18.6. The van der Waals surface area contributed by atoms with Gasteiger partial charge in [0.25, 0.3) is 17.4 Å². The lowest BCUT2D eigenvalue weighted by molar-refractivity contribution is 0.0299. The predicted molar refractivity (Wildman–Crippen MR) is 158 cm³/mol. The Bertz CT molecular complexity index is 1690. The number of fused-ring (bicyclic) bond motifs is 3. The SMILES string of the molecule is O=C(NC(CCO)c1ccccc1)c1ccc(Cl)c(NC(=O)c2cc3cnc(N4C[C@H]5CC[C@@H](C4)O5)nc3[nH]c2=O)c1. The Kier molecular flexibility index (Phi) is 7.88. The number of morpholine rings is 1. The van der Waals surface area contributed by atoms with Crippen LogP contribution in [0.5, 0.6) is 0 Å². The second kappa shape index (κ2) is 11.9. The van der Waals surface area contributed by atoms with Crippen molar-refractivity contribution in [3.05, 3.63) is 92.9 Å². The summed E-state index contributed by atoms with van der Waals surface area (Å²) < 4.78 is 5.88. The summed E-state index contributed by atoms with van der Waals surface area (Å²) in [7, 11) is 0. The molecule has 4 heterocycles. The molecule has 2 aromatic heterocycles. The zero-order chi connectivity index (χ0) is 29.2. The molecule has 2 saturated heterocycles. The van der Waals surface area contributed by atoms with Gasteiger partial charge in [-0.15, -0.1) is 0 Å². The van der Waals surface area contributed by atoms with Gasteiger partial charge in [0, 0.05) is 36.8 Å². The monoisotopic (exact) mass is 588 g/mol. The summed E-state index contributed by atoms with van der Waals surface area (Å²) in [4.78, 5) is 52.9. The molecule has 11 nitrogen and oxygen atoms in total. The van der Waals surface area contributed by atoms with Gasteiger partial charge in [-0.25, -0.2) is 4.98 Å². The van der Waals surface area contributed by atoms with Crippen molar-refractivity contribution in [3.63, 3.8) is 0 Å². The zero-order valence-corrected chi connectivity index (χ0v) is 23.3. The highest BCUT2D eigenvalue weighted by atomic mass is 35.5. The fourth-order valence-electron chi connectivity index (χ4n) is 5.41. The van der Waals surface area contributed by atoms with Gasteiger partial charge >= 0.3 is 0 Å². The average Bonchev–Trinajstić information content (AvgIpc) is 3.34. The molecule has 4 aromatic rings. The lowest BCUT2D eigenvalue weighted by atomic mass is 10.0. The van der Waals surface area contributed by atoms with Crippen LogP contribution in [0.15, 0.2) is 65.6 Å². The number of nitrogens with one attached hydrogen (secondary N) is 3. The van der Waals surface area contributed by atoms with E-state index in [0.717, 1.165) is 18.4 Å². The number of rotatable bonds is 8. The van der Waals surface area contributed by atoms with Gasteiger partial charge in [-0.2, -0.15) is 4.98 Å². The van der Waals surface area contributed by atoms with Gasteiger partial charge in [-0.05, 0) is 49.1 Å². The number of nitrogens with zero attached hydrogens (tertiary/aromatic N) is 3. The van der Waals surface area contributed by atoms with Gasteiger partial charge < -0.3 is 30.4 Å². The number of aromatic nitrogens is 3. The number of halogens is 1. The van der Waals surface area contributed by atoms with Gasteiger partial charge in [-0.1, -0.05) is 41.9 Å². The molecule has 6 rings (SSSR count). The molecule has 2 fully saturated rings. The molecule has 0 spiro atoms. The molecular formula is C30H29ClN6O5. The topological polar surface area (TPSA) is 150 Å².